The lowest BCUT2D eigenvalue weighted by atomic mass is 10.1. The molecule has 0 bridgehead atoms. The Morgan fingerprint density at radius 3 is 2.28 bits per heavy atom. The molecule has 0 aliphatic carbocycles. The largest absolute Gasteiger partial charge is 0.478 e. The van der Waals surface area contributed by atoms with Crippen LogP contribution in [0.15, 0.2) is 66.7 Å². The number of anilines is 2. The molecule has 2 N–H and O–H groups in total. The van der Waals surface area contributed by atoms with Gasteiger partial charge in [-0.05, 0) is 48.5 Å². The number of carboxylic acid groups (broad SMARTS) is 1. The van der Waals surface area contributed by atoms with Crippen molar-refractivity contribution < 1.29 is 14.6 Å². The number of hydrogen-bond acceptors (Lipinski definition) is 3. The zero-order valence-corrected chi connectivity index (χ0v) is 14.4. The van der Waals surface area contributed by atoms with Crippen LogP contribution in [0.5, 0.6) is 11.5 Å². The van der Waals surface area contributed by atoms with Gasteiger partial charge in [0.15, 0.2) is 5.75 Å². The van der Waals surface area contributed by atoms with Crippen LogP contribution in [0.1, 0.15) is 10.4 Å². The summed E-state index contributed by atoms with van der Waals surface area (Å²) in [6, 6.07) is 18.7. The Labute approximate surface area is 154 Å². The first-order chi connectivity index (χ1) is 12.0. The van der Waals surface area contributed by atoms with Gasteiger partial charge in [-0.3, -0.25) is 0 Å². The van der Waals surface area contributed by atoms with E-state index in [1.165, 1.54) is 6.07 Å². The van der Waals surface area contributed by atoms with Crippen LogP contribution < -0.4 is 10.1 Å². The predicted molar refractivity (Wildman–Crippen MR) is 99.7 cm³/mol. The standard InChI is InChI=1S/C19H13Cl2NO3/c20-12-8-10-13(11-9-12)25-18-15(21)5-3-7-17(18)22-16-6-2-1-4-14(16)19(23)24/h1-11,22H,(H,23,24). The summed E-state index contributed by atoms with van der Waals surface area (Å²) in [7, 11) is 0. The normalized spacial score (nSPS) is 10.3. The van der Waals surface area contributed by atoms with Gasteiger partial charge in [0, 0.05) is 5.02 Å². The summed E-state index contributed by atoms with van der Waals surface area (Å²) in [6.07, 6.45) is 0. The first kappa shape index (κ1) is 17.1. The number of carboxylic acids is 1. The molecule has 0 spiro atoms. The lowest BCUT2D eigenvalue weighted by Crippen LogP contribution is -2.03. The molecule has 0 heterocycles. The van der Waals surface area contributed by atoms with Crippen LogP contribution in [-0.2, 0) is 0 Å². The second-order valence-corrected chi connectivity index (χ2v) is 5.99. The lowest BCUT2D eigenvalue weighted by molar-refractivity contribution is 0.0698. The van der Waals surface area contributed by atoms with Crippen molar-refractivity contribution in [2.75, 3.05) is 5.32 Å². The smallest absolute Gasteiger partial charge is 0.337 e. The molecule has 0 atom stereocenters. The van der Waals surface area contributed by atoms with Crippen LogP contribution in [0.3, 0.4) is 0 Å². The van der Waals surface area contributed by atoms with E-state index in [1.807, 2.05) is 0 Å². The number of para-hydroxylation sites is 2. The summed E-state index contributed by atoms with van der Waals surface area (Å²) in [6.45, 7) is 0. The van der Waals surface area contributed by atoms with Crippen molar-refractivity contribution in [3.63, 3.8) is 0 Å². The molecule has 3 rings (SSSR count). The molecule has 126 valence electrons. The van der Waals surface area contributed by atoms with Crippen LogP contribution in [0.25, 0.3) is 0 Å². The van der Waals surface area contributed by atoms with Crippen molar-refractivity contribution in [2.45, 2.75) is 0 Å². The number of carbonyl (C=O) groups is 1. The van der Waals surface area contributed by atoms with Crippen LogP contribution >= 0.6 is 23.2 Å². The van der Waals surface area contributed by atoms with Gasteiger partial charge in [-0.2, -0.15) is 0 Å². The fraction of sp³-hybridized carbons (Fsp3) is 0. The number of ether oxygens (including phenoxy) is 1. The Morgan fingerprint density at radius 1 is 0.880 bits per heavy atom. The van der Waals surface area contributed by atoms with Crippen LogP contribution in [-0.4, -0.2) is 11.1 Å². The van der Waals surface area contributed by atoms with Gasteiger partial charge in [0.1, 0.15) is 5.75 Å². The van der Waals surface area contributed by atoms with Crippen molar-refractivity contribution in [1.29, 1.82) is 0 Å². The van der Waals surface area contributed by atoms with E-state index in [-0.39, 0.29) is 5.56 Å². The van der Waals surface area contributed by atoms with Gasteiger partial charge in [0.25, 0.3) is 0 Å². The van der Waals surface area contributed by atoms with Crippen LogP contribution in [0.4, 0.5) is 11.4 Å². The Hall–Kier alpha value is -2.69. The lowest BCUT2D eigenvalue weighted by Gasteiger charge is -2.15. The van der Waals surface area contributed by atoms with Crippen molar-refractivity contribution >= 4 is 40.5 Å². The van der Waals surface area contributed by atoms with Crippen molar-refractivity contribution in [3.8, 4) is 11.5 Å². The van der Waals surface area contributed by atoms with E-state index >= 15 is 0 Å². The second kappa shape index (κ2) is 7.47. The molecule has 0 aliphatic heterocycles. The molecule has 3 aromatic carbocycles. The molecule has 6 heteroatoms. The Bertz CT molecular complexity index is 911. The zero-order chi connectivity index (χ0) is 17.8. The minimum Gasteiger partial charge on any atom is -0.478 e. The summed E-state index contributed by atoms with van der Waals surface area (Å²) in [5.41, 5.74) is 1.15. The average Bonchev–Trinajstić information content (AvgIpc) is 2.60. The van der Waals surface area contributed by atoms with Gasteiger partial charge in [-0.25, -0.2) is 4.79 Å². The van der Waals surface area contributed by atoms with Crippen molar-refractivity contribution in [3.05, 3.63) is 82.3 Å². The minimum atomic E-state index is -1.02. The molecular weight excluding hydrogens is 361 g/mol. The van der Waals surface area contributed by atoms with Gasteiger partial charge in [0.2, 0.25) is 0 Å². The zero-order valence-electron chi connectivity index (χ0n) is 12.9. The number of nitrogens with one attached hydrogen (secondary N) is 1. The first-order valence-corrected chi connectivity index (χ1v) is 8.11. The third kappa shape index (κ3) is 4.05. The molecule has 0 aromatic heterocycles. The van der Waals surface area contributed by atoms with E-state index in [4.69, 9.17) is 27.9 Å². The van der Waals surface area contributed by atoms with Gasteiger partial charge in [0.05, 0.1) is 22.0 Å². The maximum atomic E-state index is 11.4. The molecule has 0 fully saturated rings. The van der Waals surface area contributed by atoms with Gasteiger partial charge in [-0.15, -0.1) is 0 Å². The maximum absolute atomic E-state index is 11.4. The molecule has 25 heavy (non-hydrogen) atoms. The fourth-order valence-electron chi connectivity index (χ4n) is 2.26. The number of rotatable bonds is 5. The minimum absolute atomic E-state index is 0.153. The second-order valence-electron chi connectivity index (χ2n) is 5.15. The Kier molecular flexibility index (Phi) is 5.12. The molecule has 4 nitrogen and oxygen atoms in total. The van der Waals surface area contributed by atoms with Crippen molar-refractivity contribution in [1.82, 2.24) is 0 Å². The van der Waals surface area contributed by atoms with Crippen LogP contribution in [0, 0.1) is 0 Å². The quantitative estimate of drug-likeness (QED) is 0.556. The molecular formula is C19H13Cl2NO3. The number of halogens is 2. The monoisotopic (exact) mass is 373 g/mol. The first-order valence-electron chi connectivity index (χ1n) is 7.36. The third-order valence-corrected chi connectivity index (χ3v) is 3.98. The van der Waals surface area contributed by atoms with E-state index in [1.54, 1.807) is 60.7 Å². The predicted octanol–water partition coefficient (Wildman–Crippen LogP) is 6.23. The fourth-order valence-corrected chi connectivity index (χ4v) is 2.59. The summed E-state index contributed by atoms with van der Waals surface area (Å²) in [5, 5.41) is 13.4. The highest BCUT2D eigenvalue weighted by atomic mass is 35.5. The number of hydrogen-bond donors (Lipinski definition) is 2. The molecule has 0 saturated carbocycles. The maximum Gasteiger partial charge on any atom is 0.337 e. The third-order valence-electron chi connectivity index (χ3n) is 3.43. The Balaban J connectivity index is 1.96. The van der Waals surface area contributed by atoms with Crippen LogP contribution in [0.2, 0.25) is 10.0 Å². The highest BCUT2D eigenvalue weighted by Gasteiger charge is 2.14. The molecule has 0 saturated heterocycles. The van der Waals surface area contributed by atoms with E-state index in [0.717, 1.165) is 0 Å². The number of benzene rings is 3. The molecule has 0 amide bonds. The van der Waals surface area contributed by atoms with E-state index < -0.39 is 5.97 Å². The van der Waals surface area contributed by atoms with Gasteiger partial charge >= 0.3 is 5.97 Å². The number of aromatic carboxylic acids is 1. The molecule has 0 unspecified atom stereocenters. The van der Waals surface area contributed by atoms with E-state index in [2.05, 4.69) is 5.32 Å². The van der Waals surface area contributed by atoms with Gasteiger partial charge in [-0.1, -0.05) is 41.4 Å². The molecule has 0 aliphatic rings. The van der Waals surface area contributed by atoms with Gasteiger partial charge < -0.3 is 15.2 Å². The average molecular weight is 374 g/mol. The van der Waals surface area contributed by atoms with E-state index in [0.29, 0.717) is 32.9 Å². The molecule has 0 radical (unpaired) electrons. The van der Waals surface area contributed by atoms with E-state index in [9.17, 15) is 9.90 Å². The summed E-state index contributed by atoms with van der Waals surface area (Å²) in [4.78, 5) is 11.4. The highest BCUT2D eigenvalue weighted by molar-refractivity contribution is 6.32. The summed E-state index contributed by atoms with van der Waals surface area (Å²) in [5.74, 6) is -0.0657. The van der Waals surface area contributed by atoms with Crippen molar-refractivity contribution in [2.24, 2.45) is 0 Å². The summed E-state index contributed by atoms with van der Waals surface area (Å²) >= 11 is 12.2. The topological polar surface area (TPSA) is 58.6 Å². The summed E-state index contributed by atoms with van der Waals surface area (Å²) < 4.78 is 5.87. The Morgan fingerprint density at radius 2 is 1.56 bits per heavy atom. The SMILES string of the molecule is O=C(O)c1ccccc1Nc1cccc(Cl)c1Oc1ccc(Cl)cc1. The molecule has 3 aromatic rings. The highest BCUT2D eigenvalue weighted by Crippen LogP contribution is 2.38.